The Kier molecular flexibility index (Phi) is 10.4. The van der Waals surface area contributed by atoms with Crippen molar-refractivity contribution in [3.05, 3.63) is 131 Å². The van der Waals surface area contributed by atoms with Crippen molar-refractivity contribution in [3.8, 4) is 34.1 Å². The molecular weight excluding hydrogens is 743 g/mol. The molecule has 0 fully saturated rings. The van der Waals surface area contributed by atoms with Gasteiger partial charge in [0.15, 0.2) is 0 Å². The van der Waals surface area contributed by atoms with Gasteiger partial charge in [0.25, 0.3) is 0 Å². The van der Waals surface area contributed by atoms with E-state index in [0.29, 0.717) is 11.5 Å². The van der Waals surface area contributed by atoms with Crippen molar-refractivity contribution < 1.29 is 25.2 Å². The maximum absolute atomic E-state index is 6.67. The summed E-state index contributed by atoms with van der Waals surface area (Å²) in [4.78, 5) is 4.78. The zero-order valence-electron chi connectivity index (χ0n) is 32.9. The zero-order chi connectivity index (χ0) is 37.1. The van der Waals surface area contributed by atoms with Crippen LogP contribution in [0.4, 0.5) is 0 Å². The Morgan fingerprint density at radius 2 is 1.45 bits per heavy atom. The maximum Gasteiger partial charge on any atom is 2.00 e. The topological polar surface area (TPSA) is 44.9 Å². The molecule has 53 heavy (non-hydrogen) atoms. The van der Waals surface area contributed by atoms with Crippen LogP contribution in [0.3, 0.4) is 0 Å². The third kappa shape index (κ3) is 7.12. The average Bonchev–Trinajstić information content (AvgIpc) is 3.59. The summed E-state index contributed by atoms with van der Waals surface area (Å²) in [5, 5.41) is 7.45. The van der Waals surface area contributed by atoms with Gasteiger partial charge in [-0.3, -0.25) is 4.68 Å². The quantitative estimate of drug-likeness (QED) is 0.119. The van der Waals surface area contributed by atoms with Crippen LogP contribution in [0.1, 0.15) is 102 Å². The van der Waals surface area contributed by atoms with Crippen LogP contribution in [-0.4, -0.2) is 19.3 Å². The maximum atomic E-state index is 6.67. The van der Waals surface area contributed by atoms with E-state index in [1.807, 2.05) is 16.9 Å². The molecule has 4 aromatic carbocycles. The number of hydrogen-bond donors (Lipinski definition) is 0. The van der Waals surface area contributed by atoms with E-state index in [1.54, 1.807) is 0 Å². The fourth-order valence-corrected chi connectivity index (χ4v) is 7.46. The standard InChI is InChI=1S/C47H50N4O.Pd/c1-12-32-22-23-48-43(24-32)50-41-19-14-13-16-37(41)38-21-20-35(28-42(38)50)52-36-26-33(29(2)3)25-34(27-36)51-31(5)44(30(4)49-51)45-39(46(6,7)8)17-15-18-40(45)47(9,10)11;/h13-26,29H,12H2,1-11H3;/q-2;+2. The van der Waals surface area contributed by atoms with Crippen LogP contribution in [0.2, 0.25) is 0 Å². The molecule has 0 aliphatic heterocycles. The van der Waals surface area contributed by atoms with Gasteiger partial charge in [-0.25, -0.2) is 4.98 Å². The summed E-state index contributed by atoms with van der Waals surface area (Å²) in [6, 6.07) is 35.1. The first kappa shape index (κ1) is 38.2. The van der Waals surface area contributed by atoms with E-state index in [2.05, 4.69) is 166 Å². The van der Waals surface area contributed by atoms with Gasteiger partial charge in [-0.2, -0.15) is 11.2 Å². The molecular formula is C47H50N4OPd. The van der Waals surface area contributed by atoms with Crippen LogP contribution in [0.5, 0.6) is 11.5 Å². The summed E-state index contributed by atoms with van der Waals surface area (Å²) in [5.41, 5.74) is 12.4. The molecule has 0 amide bonds. The normalized spacial score (nSPS) is 12.2. The van der Waals surface area contributed by atoms with Crippen molar-refractivity contribution in [2.45, 2.75) is 99.3 Å². The van der Waals surface area contributed by atoms with Crippen molar-refractivity contribution in [1.82, 2.24) is 19.3 Å². The second-order valence-electron chi connectivity index (χ2n) is 16.4. The minimum atomic E-state index is -0.0412. The number of hydrogen-bond acceptors (Lipinski definition) is 3. The first-order chi connectivity index (χ1) is 24.7. The van der Waals surface area contributed by atoms with Crippen molar-refractivity contribution in [1.29, 1.82) is 0 Å². The predicted molar refractivity (Wildman–Crippen MR) is 216 cm³/mol. The molecule has 7 rings (SSSR count). The van der Waals surface area contributed by atoms with E-state index < -0.39 is 0 Å². The minimum absolute atomic E-state index is 0. The SMILES string of the molecule is CCc1ccnc(-n2c3[c-]c(Oc4[c-]c(-n5nc(C)c(-c6c(C(C)(C)C)cccc6C(C)(C)C)c5C)cc(C(C)C)c4)ccc3c3ccccc32)c1.[Pd+2]. The van der Waals surface area contributed by atoms with Crippen LogP contribution in [0.15, 0.2) is 85.1 Å². The monoisotopic (exact) mass is 792 g/mol. The summed E-state index contributed by atoms with van der Waals surface area (Å²) < 4.78 is 10.9. The average molecular weight is 793 g/mol. The Balaban J connectivity index is 0.00000481. The molecule has 5 nitrogen and oxygen atoms in total. The zero-order valence-corrected chi connectivity index (χ0v) is 34.4. The number of rotatable bonds is 7. The Bertz CT molecular complexity index is 2420. The van der Waals surface area contributed by atoms with Gasteiger partial charge in [0.2, 0.25) is 0 Å². The van der Waals surface area contributed by atoms with Gasteiger partial charge >= 0.3 is 20.4 Å². The number of para-hydroxylation sites is 1. The number of ether oxygens (including phenoxy) is 1. The number of pyridine rings is 1. The molecule has 0 aliphatic carbocycles. The molecule has 0 N–H and O–H groups in total. The molecule has 0 unspecified atom stereocenters. The molecule has 0 saturated carbocycles. The fourth-order valence-electron chi connectivity index (χ4n) is 7.46. The van der Waals surface area contributed by atoms with Gasteiger partial charge in [0, 0.05) is 34.5 Å². The van der Waals surface area contributed by atoms with Crippen molar-refractivity contribution in [2.24, 2.45) is 0 Å². The Morgan fingerprint density at radius 1 is 0.755 bits per heavy atom. The summed E-state index contributed by atoms with van der Waals surface area (Å²) in [7, 11) is 0. The molecule has 7 aromatic rings. The van der Waals surface area contributed by atoms with E-state index in [1.165, 1.54) is 27.8 Å². The Labute approximate surface area is 329 Å². The summed E-state index contributed by atoms with van der Waals surface area (Å²) in [5.74, 6) is 2.39. The van der Waals surface area contributed by atoms with E-state index in [4.69, 9.17) is 14.8 Å². The first-order valence-corrected chi connectivity index (χ1v) is 18.5. The molecule has 0 saturated heterocycles. The van der Waals surface area contributed by atoms with Crippen LogP contribution in [0, 0.1) is 26.0 Å². The van der Waals surface area contributed by atoms with Crippen LogP contribution < -0.4 is 4.74 Å². The Morgan fingerprint density at radius 3 is 2.11 bits per heavy atom. The van der Waals surface area contributed by atoms with E-state index >= 15 is 0 Å². The second-order valence-corrected chi connectivity index (χ2v) is 16.4. The third-order valence-corrected chi connectivity index (χ3v) is 10.2. The van der Waals surface area contributed by atoms with Gasteiger partial charge in [-0.1, -0.05) is 104 Å². The molecule has 0 radical (unpaired) electrons. The van der Waals surface area contributed by atoms with Crippen LogP contribution >= 0.6 is 0 Å². The number of benzene rings is 4. The molecule has 0 spiro atoms. The van der Waals surface area contributed by atoms with Crippen LogP contribution in [-0.2, 0) is 37.7 Å². The molecule has 274 valence electrons. The number of aromatic nitrogens is 4. The van der Waals surface area contributed by atoms with Crippen molar-refractivity contribution >= 4 is 21.8 Å². The van der Waals surface area contributed by atoms with Gasteiger partial charge in [0.05, 0.1) is 5.69 Å². The Hall–Kier alpha value is -4.50. The van der Waals surface area contributed by atoms with Crippen molar-refractivity contribution in [2.75, 3.05) is 0 Å². The molecule has 0 aliphatic rings. The largest absolute Gasteiger partial charge is 2.00 e. The summed E-state index contributed by atoms with van der Waals surface area (Å²) in [6.45, 7) is 24.7. The third-order valence-electron chi connectivity index (χ3n) is 10.2. The van der Waals surface area contributed by atoms with Gasteiger partial charge in [0.1, 0.15) is 5.82 Å². The van der Waals surface area contributed by atoms with Gasteiger partial charge < -0.3 is 9.30 Å². The van der Waals surface area contributed by atoms with Crippen molar-refractivity contribution in [3.63, 3.8) is 0 Å². The smallest absolute Gasteiger partial charge is 0.509 e. The number of nitrogens with zero attached hydrogens (tertiary/aromatic N) is 4. The molecule has 3 heterocycles. The molecule has 0 atom stereocenters. The van der Waals surface area contributed by atoms with E-state index in [9.17, 15) is 0 Å². The summed E-state index contributed by atoms with van der Waals surface area (Å²) >= 11 is 0. The molecule has 3 aromatic heterocycles. The van der Waals surface area contributed by atoms with E-state index in [0.717, 1.165) is 56.7 Å². The van der Waals surface area contributed by atoms with Gasteiger partial charge in [-0.15, -0.1) is 41.3 Å². The predicted octanol–water partition coefficient (Wildman–Crippen LogP) is 12.3. The number of fused-ring (bicyclic) bond motifs is 3. The fraction of sp³-hybridized carbons (Fsp3) is 0.319. The minimum Gasteiger partial charge on any atom is -0.509 e. The summed E-state index contributed by atoms with van der Waals surface area (Å²) in [6.07, 6.45) is 2.83. The molecule has 6 heteroatoms. The molecule has 0 bridgehead atoms. The van der Waals surface area contributed by atoms with Gasteiger partial charge in [-0.05, 0) is 88.5 Å². The second kappa shape index (κ2) is 14.4. The van der Waals surface area contributed by atoms with E-state index in [-0.39, 0.29) is 37.2 Å². The van der Waals surface area contributed by atoms with Crippen LogP contribution in [0.25, 0.3) is 44.4 Å². The number of aryl methyl sites for hydroxylation is 2. The first-order valence-electron chi connectivity index (χ1n) is 18.5.